The molecule has 0 fully saturated rings. The van der Waals surface area contributed by atoms with Crippen LogP contribution in [0.5, 0.6) is 0 Å². The molecule has 0 saturated carbocycles. The van der Waals surface area contributed by atoms with Gasteiger partial charge in [0.1, 0.15) is 0 Å². The molecule has 3 nitrogen and oxygen atoms in total. The molecule has 0 aliphatic heterocycles. The van der Waals surface area contributed by atoms with E-state index >= 15 is 0 Å². The quantitative estimate of drug-likeness (QED) is 0.785. The van der Waals surface area contributed by atoms with Gasteiger partial charge in [-0.1, -0.05) is 13.8 Å². The molecule has 0 amide bonds. The predicted octanol–water partition coefficient (Wildman–Crippen LogP) is 2.75. The van der Waals surface area contributed by atoms with E-state index in [1.807, 2.05) is 6.07 Å². The highest BCUT2D eigenvalue weighted by Crippen LogP contribution is 2.31. The van der Waals surface area contributed by atoms with E-state index in [-0.39, 0.29) is 11.6 Å². The van der Waals surface area contributed by atoms with Crippen LogP contribution in [0.4, 0.5) is 0 Å². The molecule has 1 N–H and O–H groups in total. The molecule has 1 aromatic rings. The maximum atomic E-state index is 5.62. The zero-order chi connectivity index (χ0) is 11.3. The Labute approximate surface area is 91.8 Å². The molecule has 2 atom stereocenters. The van der Waals surface area contributed by atoms with E-state index in [0.29, 0.717) is 0 Å². The second-order valence-corrected chi connectivity index (χ2v) is 3.92. The van der Waals surface area contributed by atoms with Crippen molar-refractivity contribution < 1.29 is 9.15 Å². The van der Waals surface area contributed by atoms with Crippen molar-refractivity contribution in [1.82, 2.24) is 5.32 Å². The van der Waals surface area contributed by atoms with Crippen molar-refractivity contribution in [2.24, 2.45) is 0 Å². The zero-order valence-corrected chi connectivity index (χ0v) is 10.0. The summed E-state index contributed by atoms with van der Waals surface area (Å²) in [6.45, 7) is 7.26. The highest BCUT2D eigenvalue weighted by molar-refractivity contribution is 5.16. The van der Waals surface area contributed by atoms with Gasteiger partial charge in [-0.15, -0.1) is 0 Å². The van der Waals surface area contributed by atoms with Gasteiger partial charge in [-0.3, -0.25) is 0 Å². The average molecular weight is 211 g/mol. The topological polar surface area (TPSA) is 34.4 Å². The lowest BCUT2D eigenvalue weighted by Gasteiger charge is -2.35. The lowest BCUT2D eigenvalue weighted by molar-refractivity contribution is -0.0297. The molecular weight excluding hydrogens is 190 g/mol. The number of nitrogens with one attached hydrogen (secondary N) is 1. The van der Waals surface area contributed by atoms with Gasteiger partial charge >= 0.3 is 0 Å². The molecule has 1 heterocycles. The summed E-state index contributed by atoms with van der Waals surface area (Å²) < 4.78 is 10.8. The van der Waals surface area contributed by atoms with E-state index in [1.165, 1.54) is 0 Å². The van der Waals surface area contributed by atoms with Crippen LogP contribution in [0.1, 0.15) is 38.8 Å². The summed E-state index contributed by atoms with van der Waals surface area (Å²) in [5.74, 6) is 0. The summed E-state index contributed by atoms with van der Waals surface area (Å²) in [4.78, 5) is 0. The first-order chi connectivity index (χ1) is 7.18. The number of likely N-dealkylation sites (N-methyl/N-ethyl adjacent to an activating group) is 1. The van der Waals surface area contributed by atoms with Crippen LogP contribution < -0.4 is 5.32 Å². The van der Waals surface area contributed by atoms with Gasteiger partial charge in [0, 0.05) is 12.7 Å². The Bertz CT molecular complexity index is 265. The first kappa shape index (κ1) is 12.3. The molecular formula is C12H21NO2. The largest absolute Gasteiger partial charge is 0.472 e. The van der Waals surface area contributed by atoms with E-state index in [2.05, 4.69) is 26.1 Å². The van der Waals surface area contributed by atoms with Crippen molar-refractivity contribution in [2.75, 3.05) is 13.7 Å². The van der Waals surface area contributed by atoms with Crippen LogP contribution in [0.3, 0.4) is 0 Å². The van der Waals surface area contributed by atoms with Gasteiger partial charge in [-0.25, -0.2) is 0 Å². The minimum absolute atomic E-state index is 0.177. The van der Waals surface area contributed by atoms with Gasteiger partial charge in [0.2, 0.25) is 0 Å². The summed E-state index contributed by atoms with van der Waals surface area (Å²) >= 11 is 0. The number of furan rings is 1. The van der Waals surface area contributed by atoms with Crippen LogP contribution in [0.2, 0.25) is 0 Å². The van der Waals surface area contributed by atoms with Crippen LogP contribution in [0.15, 0.2) is 23.0 Å². The van der Waals surface area contributed by atoms with Crippen molar-refractivity contribution in [3.05, 3.63) is 24.2 Å². The third-order valence-corrected chi connectivity index (χ3v) is 3.06. The first-order valence-electron chi connectivity index (χ1n) is 5.48. The molecule has 15 heavy (non-hydrogen) atoms. The molecule has 0 radical (unpaired) electrons. The maximum absolute atomic E-state index is 5.62. The van der Waals surface area contributed by atoms with Gasteiger partial charge in [-0.05, 0) is 26.0 Å². The molecule has 0 saturated heterocycles. The fourth-order valence-electron chi connectivity index (χ4n) is 1.80. The number of hydrogen-bond acceptors (Lipinski definition) is 3. The van der Waals surface area contributed by atoms with E-state index in [4.69, 9.17) is 9.15 Å². The van der Waals surface area contributed by atoms with Crippen molar-refractivity contribution in [1.29, 1.82) is 0 Å². The molecule has 3 heteroatoms. The van der Waals surface area contributed by atoms with Crippen LogP contribution >= 0.6 is 0 Å². The normalized spacial score (nSPS) is 17.3. The number of rotatable bonds is 6. The summed E-state index contributed by atoms with van der Waals surface area (Å²) in [5.41, 5.74) is 0.947. The lowest BCUT2D eigenvalue weighted by atomic mass is 9.89. The Kier molecular flexibility index (Phi) is 4.36. The minimum atomic E-state index is -0.195. The minimum Gasteiger partial charge on any atom is -0.472 e. The first-order valence-corrected chi connectivity index (χ1v) is 5.48. The Hall–Kier alpha value is -0.800. The molecule has 2 unspecified atom stereocenters. The maximum Gasteiger partial charge on any atom is 0.0951 e. The summed E-state index contributed by atoms with van der Waals surface area (Å²) in [6.07, 6.45) is 4.43. The second-order valence-electron chi connectivity index (χ2n) is 3.92. The van der Waals surface area contributed by atoms with E-state index in [1.54, 1.807) is 19.6 Å². The monoisotopic (exact) mass is 211 g/mol. The molecule has 1 rings (SSSR count). The smallest absolute Gasteiger partial charge is 0.0951 e. The molecule has 0 bridgehead atoms. The van der Waals surface area contributed by atoms with Crippen molar-refractivity contribution in [2.45, 2.75) is 38.8 Å². The number of ether oxygens (including phenoxy) is 1. The van der Waals surface area contributed by atoms with Gasteiger partial charge in [0.05, 0.1) is 24.2 Å². The summed E-state index contributed by atoms with van der Waals surface area (Å²) in [7, 11) is 1.76. The van der Waals surface area contributed by atoms with Crippen molar-refractivity contribution >= 4 is 0 Å². The van der Waals surface area contributed by atoms with Crippen molar-refractivity contribution in [3.63, 3.8) is 0 Å². The molecule has 0 aromatic carbocycles. The standard InChI is InChI=1S/C12H21NO2/c1-5-12(3,14-4)11(13-6-2)10-7-8-15-9-10/h7-9,11,13H,5-6H2,1-4H3. The number of methoxy groups -OCH3 is 1. The predicted molar refractivity (Wildman–Crippen MR) is 60.8 cm³/mol. The Morgan fingerprint density at radius 3 is 2.67 bits per heavy atom. The van der Waals surface area contributed by atoms with Gasteiger partial charge < -0.3 is 14.5 Å². The Morgan fingerprint density at radius 1 is 1.53 bits per heavy atom. The fraction of sp³-hybridized carbons (Fsp3) is 0.667. The van der Waals surface area contributed by atoms with Crippen LogP contribution in [0.25, 0.3) is 0 Å². The summed E-state index contributed by atoms with van der Waals surface area (Å²) in [6, 6.07) is 2.16. The van der Waals surface area contributed by atoms with E-state index in [0.717, 1.165) is 18.5 Å². The Balaban J connectivity index is 2.91. The van der Waals surface area contributed by atoms with Crippen LogP contribution in [0, 0.1) is 0 Å². The molecule has 0 aliphatic carbocycles. The second kappa shape index (κ2) is 5.33. The van der Waals surface area contributed by atoms with Gasteiger partial charge in [-0.2, -0.15) is 0 Å². The Morgan fingerprint density at radius 2 is 2.27 bits per heavy atom. The van der Waals surface area contributed by atoms with Gasteiger partial charge in [0.15, 0.2) is 0 Å². The molecule has 0 aliphatic rings. The van der Waals surface area contributed by atoms with Gasteiger partial charge in [0.25, 0.3) is 0 Å². The molecule has 0 spiro atoms. The van der Waals surface area contributed by atoms with Crippen LogP contribution in [-0.2, 0) is 4.74 Å². The third kappa shape index (κ3) is 2.61. The SMILES string of the molecule is CCNC(c1ccoc1)C(C)(CC)OC. The average Bonchev–Trinajstić information content (AvgIpc) is 2.78. The third-order valence-electron chi connectivity index (χ3n) is 3.06. The van der Waals surface area contributed by atoms with E-state index in [9.17, 15) is 0 Å². The zero-order valence-electron chi connectivity index (χ0n) is 10.0. The van der Waals surface area contributed by atoms with Crippen LogP contribution in [-0.4, -0.2) is 19.3 Å². The lowest BCUT2D eigenvalue weighted by Crippen LogP contribution is -2.42. The summed E-state index contributed by atoms with van der Waals surface area (Å²) in [5, 5.41) is 3.44. The number of hydrogen-bond donors (Lipinski definition) is 1. The molecule has 86 valence electrons. The highest BCUT2D eigenvalue weighted by Gasteiger charge is 2.33. The van der Waals surface area contributed by atoms with E-state index < -0.39 is 0 Å². The molecule has 1 aromatic heterocycles. The van der Waals surface area contributed by atoms with Crippen molar-refractivity contribution in [3.8, 4) is 0 Å². The fourth-order valence-corrected chi connectivity index (χ4v) is 1.80. The highest BCUT2D eigenvalue weighted by atomic mass is 16.5.